The van der Waals surface area contributed by atoms with Crippen molar-refractivity contribution < 1.29 is 12.8 Å². The molecule has 0 aliphatic rings. The van der Waals surface area contributed by atoms with Gasteiger partial charge >= 0.3 is 0 Å². The van der Waals surface area contributed by atoms with Gasteiger partial charge in [-0.2, -0.15) is 0 Å². The first-order chi connectivity index (χ1) is 7.99. The predicted molar refractivity (Wildman–Crippen MR) is 66.5 cm³/mol. The van der Waals surface area contributed by atoms with Crippen LogP contribution in [0.1, 0.15) is 0 Å². The quantitative estimate of drug-likeness (QED) is 0.943. The summed E-state index contributed by atoms with van der Waals surface area (Å²) >= 11 is 6.63. The summed E-state index contributed by atoms with van der Waals surface area (Å²) in [6.07, 6.45) is 0. The molecule has 0 unspecified atom stereocenters. The molecule has 1 N–H and O–H groups in total. The highest BCUT2D eigenvalue weighted by atomic mass is 35.5. The fourth-order valence-electron chi connectivity index (χ4n) is 1.18. The Balaban J connectivity index is 2.33. The molecular weight excluding hydrogens is 285 g/mol. The van der Waals surface area contributed by atoms with Crippen molar-refractivity contribution in [2.24, 2.45) is 0 Å². The standard InChI is InChI=1S/C10H7ClFNO2S2/c11-7-3-4-9(8(12)6-7)13-17(14,15)10-2-1-5-16-10/h1-6,13H. The lowest BCUT2D eigenvalue weighted by molar-refractivity contribution is 0.600. The second-order valence-corrected chi connectivity index (χ2v) is 6.46. The molecule has 7 heteroatoms. The van der Waals surface area contributed by atoms with Gasteiger partial charge in [0.1, 0.15) is 10.0 Å². The van der Waals surface area contributed by atoms with Gasteiger partial charge in [0.25, 0.3) is 10.0 Å². The zero-order chi connectivity index (χ0) is 12.5. The van der Waals surface area contributed by atoms with E-state index in [9.17, 15) is 12.8 Å². The Bertz CT molecular complexity index is 626. The summed E-state index contributed by atoms with van der Waals surface area (Å²) in [6, 6.07) is 6.80. The number of halogens is 2. The number of nitrogens with one attached hydrogen (secondary N) is 1. The maximum atomic E-state index is 13.4. The lowest BCUT2D eigenvalue weighted by atomic mass is 10.3. The molecule has 0 saturated carbocycles. The van der Waals surface area contributed by atoms with E-state index >= 15 is 0 Å². The van der Waals surface area contributed by atoms with E-state index in [4.69, 9.17) is 11.6 Å². The van der Waals surface area contributed by atoms with E-state index in [0.717, 1.165) is 17.4 Å². The average Bonchev–Trinajstić information content (AvgIpc) is 2.76. The van der Waals surface area contributed by atoms with Gasteiger partial charge in [-0.1, -0.05) is 17.7 Å². The van der Waals surface area contributed by atoms with Gasteiger partial charge in [-0.05, 0) is 29.6 Å². The van der Waals surface area contributed by atoms with Crippen LogP contribution in [0.4, 0.5) is 10.1 Å². The van der Waals surface area contributed by atoms with Crippen LogP contribution in [0.2, 0.25) is 5.02 Å². The van der Waals surface area contributed by atoms with Crippen molar-refractivity contribution in [2.45, 2.75) is 4.21 Å². The molecule has 0 saturated heterocycles. The number of benzene rings is 1. The van der Waals surface area contributed by atoms with Crippen LogP contribution in [0.5, 0.6) is 0 Å². The first kappa shape index (κ1) is 12.3. The number of anilines is 1. The Morgan fingerprint density at radius 2 is 2.06 bits per heavy atom. The van der Waals surface area contributed by atoms with Crippen LogP contribution >= 0.6 is 22.9 Å². The monoisotopic (exact) mass is 291 g/mol. The molecule has 3 nitrogen and oxygen atoms in total. The summed E-state index contributed by atoms with van der Waals surface area (Å²) in [6.45, 7) is 0. The maximum absolute atomic E-state index is 13.4. The maximum Gasteiger partial charge on any atom is 0.271 e. The van der Waals surface area contributed by atoms with Crippen LogP contribution in [-0.2, 0) is 10.0 Å². The predicted octanol–water partition coefficient (Wildman–Crippen LogP) is 3.34. The molecule has 90 valence electrons. The lowest BCUT2D eigenvalue weighted by Crippen LogP contribution is -2.12. The van der Waals surface area contributed by atoms with Crippen molar-refractivity contribution in [3.63, 3.8) is 0 Å². The van der Waals surface area contributed by atoms with Crippen LogP contribution in [0, 0.1) is 5.82 Å². The van der Waals surface area contributed by atoms with Gasteiger partial charge in [0.15, 0.2) is 0 Å². The van der Waals surface area contributed by atoms with Gasteiger partial charge in [0.2, 0.25) is 0 Å². The fourth-order valence-corrected chi connectivity index (χ4v) is 3.40. The first-order valence-electron chi connectivity index (χ1n) is 4.50. The van der Waals surface area contributed by atoms with Gasteiger partial charge in [0, 0.05) is 5.02 Å². The highest BCUT2D eigenvalue weighted by Crippen LogP contribution is 2.23. The van der Waals surface area contributed by atoms with E-state index in [1.165, 1.54) is 18.2 Å². The van der Waals surface area contributed by atoms with Crippen LogP contribution in [0.15, 0.2) is 39.9 Å². The Morgan fingerprint density at radius 3 is 2.65 bits per heavy atom. The Hall–Kier alpha value is -1.11. The zero-order valence-corrected chi connectivity index (χ0v) is 10.7. The first-order valence-corrected chi connectivity index (χ1v) is 7.24. The number of sulfonamides is 1. The molecule has 2 aromatic rings. The summed E-state index contributed by atoms with van der Waals surface area (Å²) in [5.74, 6) is -0.711. The molecule has 2 rings (SSSR count). The van der Waals surface area contributed by atoms with Gasteiger partial charge < -0.3 is 0 Å². The molecule has 0 amide bonds. The second kappa shape index (κ2) is 4.64. The average molecular weight is 292 g/mol. The zero-order valence-electron chi connectivity index (χ0n) is 8.35. The number of hydrogen-bond donors (Lipinski definition) is 1. The van der Waals surface area contributed by atoms with Crippen molar-refractivity contribution in [3.8, 4) is 0 Å². The third kappa shape index (κ3) is 2.77. The summed E-state index contributed by atoms with van der Waals surface area (Å²) in [7, 11) is -3.72. The minimum absolute atomic E-state index is 0.122. The molecule has 17 heavy (non-hydrogen) atoms. The number of hydrogen-bond acceptors (Lipinski definition) is 3. The highest BCUT2D eigenvalue weighted by molar-refractivity contribution is 7.94. The van der Waals surface area contributed by atoms with E-state index in [0.29, 0.717) is 0 Å². The van der Waals surface area contributed by atoms with Crippen molar-refractivity contribution in [1.29, 1.82) is 0 Å². The summed E-state index contributed by atoms with van der Waals surface area (Å²) in [5, 5.41) is 1.84. The Kier molecular flexibility index (Phi) is 3.37. The summed E-state index contributed by atoms with van der Waals surface area (Å²) in [5.41, 5.74) is -0.122. The topological polar surface area (TPSA) is 46.2 Å². The van der Waals surface area contributed by atoms with E-state index < -0.39 is 15.8 Å². The summed E-state index contributed by atoms with van der Waals surface area (Å²) in [4.78, 5) is 0. The van der Waals surface area contributed by atoms with E-state index in [2.05, 4.69) is 4.72 Å². The molecule has 0 fully saturated rings. The Labute approximate surface area is 107 Å². The minimum atomic E-state index is -3.72. The molecule has 0 aliphatic heterocycles. The van der Waals surface area contributed by atoms with Crippen molar-refractivity contribution in [2.75, 3.05) is 4.72 Å². The molecule has 1 aromatic heterocycles. The normalized spacial score (nSPS) is 11.4. The van der Waals surface area contributed by atoms with Crippen molar-refractivity contribution in [1.82, 2.24) is 0 Å². The van der Waals surface area contributed by atoms with Crippen LogP contribution < -0.4 is 4.72 Å². The lowest BCUT2D eigenvalue weighted by Gasteiger charge is -2.07. The number of rotatable bonds is 3. The van der Waals surface area contributed by atoms with Crippen LogP contribution in [0.25, 0.3) is 0 Å². The highest BCUT2D eigenvalue weighted by Gasteiger charge is 2.17. The van der Waals surface area contributed by atoms with Gasteiger partial charge in [-0.25, -0.2) is 12.8 Å². The van der Waals surface area contributed by atoms with Gasteiger partial charge in [0.05, 0.1) is 5.69 Å². The van der Waals surface area contributed by atoms with Crippen molar-refractivity contribution in [3.05, 3.63) is 46.6 Å². The molecular formula is C10H7ClFNO2S2. The second-order valence-electron chi connectivity index (χ2n) is 3.16. The van der Waals surface area contributed by atoms with Crippen molar-refractivity contribution >= 4 is 38.6 Å². The largest absolute Gasteiger partial charge is 0.276 e. The van der Waals surface area contributed by atoms with E-state index in [1.54, 1.807) is 11.4 Å². The van der Waals surface area contributed by atoms with Gasteiger partial charge in [-0.15, -0.1) is 11.3 Å². The molecule has 0 aliphatic carbocycles. The SMILES string of the molecule is O=S(=O)(Nc1ccc(Cl)cc1F)c1cccs1. The molecule has 0 spiro atoms. The van der Waals surface area contributed by atoms with Crippen LogP contribution in [0.3, 0.4) is 0 Å². The third-order valence-electron chi connectivity index (χ3n) is 1.94. The summed E-state index contributed by atoms with van der Waals surface area (Å²) < 4.78 is 39.3. The van der Waals surface area contributed by atoms with Crippen LogP contribution in [-0.4, -0.2) is 8.42 Å². The van der Waals surface area contributed by atoms with E-state index in [-0.39, 0.29) is 14.9 Å². The molecule has 0 radical (unpaired) electrons. The molecule has 1 aromatic carbocycles. The molecule has 0 atom stereocenters. The molecule has 0 bridgehead atoms. The molecule has 1 heterocycles. The van der Waals surface area contributed by atoms with E-state index in [1.807, 2.05) is 0 Å². The third-order valence-corrected chi connectivity index (χ3v) is 4.93. The smallest absolute Gasteiger partial charge is 0.271 e. The Morgan fingerprint density at radius 1 is 1.29 bits per heavy atom. The number of thiophene rings is 1. The fraction of sp³-hybridized carbons (Fsp3) is 0. The van der Waals surface area contributed by atoms with Gasteiger partial charge in [-0.3, -0.25) is 4.72 Å². The minimum Gasteiger partial charge on any atom is -0.276 e.